The lowest BCUT2D eigenvalue weighted by Gasteiger charge is -2.06. The van der Waals surface area contributed by atoms with Crippen molar-refractivity contribution in [1.29, 1.82) is 0 Å². The Kier molecular flexibility index (Phi) is 2.75. The highest BCUT2D eigenvalue weighted by atomic mass is 16.4. The number of hydrogen-bond acceptors (Lipinski definition) is 4. The molecule has 0 spiro atoms. The lowest BCUT2D eigenvalue weighted by molar-refractivity contribution is 0.555. The number of nitrogens with zero attached hydrogens (tertiary/aromatic N) is 2. The molecule has 0 bridgehead atoms. The molecule has 2 heterocycles. The summed E-state index contributed by atoms with van der Waals surface area (Å²) in [6.45, 7) is 1.77. The summed E-state index contributed by atoms with van der Waals surface area (Å²) in [5.74, 6) is 0. The van der Waals surface area contributed by atoms with E-state index in [2.05, 4.69) is 4.98 Å². The molecule has 0 amide bonds. The molecule has 0 fully saturated rings. The van der Waals surface area contributed by atoms with Crippen molar-refractivity contribution in [2.45, 2.75) is 6.92 Å². The molecule has 0 N–H and O–H groups in total. The highest BCUT2D eigenvalue weighted by molar-refractivity contribution is 5.79. The van der Waals surface area contributed by atoms with Gasteiger partial charge in [-0.25, -0.2) is 9.78 Å². The molecule has 1 aromatic carbocycles. The average Bonchev–Trinajstić information content (AvgIpc) is 2.43. The molecule has 0 aliphatic carbocycles. The molecule has 5 nitrogen and oxygen atoms in total. The molecule has 0 unspecified atom stereocenters. The molecule has 5 heteroatoms. The smallest absolute Gasteiger partial charge is 0.354 e. The van der Waals surface area contributed by atoms with Gasteiger partial charge in [0, 0.05) is 18.8 Å². The number of hydrogen-bond donors (Lipinski definition) is 0. The van der Waals surface area contributed by atoms with Crippen LogP contribution in [0.4, 0.5) is 0 Å². The zero-order valence-corrected chi connectivity index (χ0v) is 11.1. The Hall–Kier alpha value is -2.69. The SMILES string of the molecule is Cc1cc(-c2ccc3ncc(=O)oc3c2)cn(C)c1=O. The molecule has 100 valence electrons. The zero-order chi connectivity index (χ0) is 14.3. The van der Waals surface area contributed by atoms with Gasteiger partial charge in [-0.2, -0.15) is 0 Å². The summed E-state index contributed by atoms with van der Waals surface area (Å²) in [4.78, 5) is 26.9. The van der Waals surface area contributed by atoms with Gasteiger partial charge in [-0.15, -0.1) is 0 Å². The third-order valence-corrected chi connectivity index (χ3v) is 3.18. The van der Waals surface area contributed by atoms with E-state index in [4.69, 9.17) is 4.42 Å². The van der Waals surface area contributed by atoms with Crippen LogP contribution in [0.3, 0.4) is 0 Å². The van der Waals surface area contributed by atoms with Crippen LogP contribution in [-0.2, 0) is 7.05 Å². The van der Waals surface area contributed by atoms with E-state index in [0.717, 1.165) is 17.3 Å². The Morgan fingerprint density at radius 1 is 1.15 bits per heavy atom. The number of benzene rings is 1. The van der Waals surface area contributed by atoms with E-state index >= 15 is 0 Å². The third kappa shape index (κ3) is 2.03. The summed E-state index contributed by atoms with van der Waals surface area (Å²) >= 11 is 0. The van der Waals surface area contributed by atoms with Crippen molar-refractivity contribution in [1.82, 2.24) is 9.55 Å². The minimum atomic E-state index is -0.480. The summed E-state index contributed by atoms with van der Waals surface area (Å²) < 4.78 is 6.66. The number of pyridine rings is 1. The summed E-state index contributed by atoms with van der Waals surface area (Å²) in [5.41, 5.74) is 2.97. The quantitative estimate of drug-likeness (QED) is 0.675. The first kappa shape index (κ1) is 12.3. The fourth-order valence-electron chi connectivity index (χ4n) is 2.17. The molecule has 2 aromatic heterocycles. The standard InChI is InChI=1S/C15H12N2O3/c1-9-5-11(8-17(2)15(9)19)10-3-4-12-13(6-10)20-14(18)7-16-12/h3-8H,1-2H3. The zero-order valence-electron chi connectivity index (χ0n) is 11.1. The summed E-state index contributed by atoms with van der Waals surface area (Å²) in [6, 6.07) is 7.24. The Morgan fingerprint density at radius 3 is 2.70 bits per heavy atom. The second-order valence-electron chi connectivity index (χ2n) is 4.69. The van der Waals surface area contributed by atoms with E-state index in [-0.39, 0.29) is 5.56 Å². The molecular weight excluding hydrogens is 256 g/mol. The summed E-state index contributed by atoms with van der Waals surface area (Å²) in [5, 5.41) is 0. The van der Waals surface area contributed by atoms with Gasteiger partial charge >= 0.3 is 5.63 Å². The van der Waals surface area contributed by atoms with Gasteiger partial charge in [-0.3, -0.25) is 4.79 Å². The fraction of sp³-hybridized carbons (Fsp3) is 0.133. The average molecular weight is 268 g/mol. The maximum absolute atomic E-state index is 11.7. The minimum absolute atomic E-state index is 0.0252. The predicted molar refractivity (Wildman–Crippen MR) is 75.7 cm³/mol. The van der Waals surface area contributed by atoms with Crippen molar-refractivity contribution < 1.29 is 4.42 Å². The molecule has 3 aromatic rings. The molecular formula is C15H12N2O3. The summed E-state index contributed by atoms with van der Waals surface area (Å²) in [6.07, 6.45) is 2.91. The largest absolute Gasteiger partial charge is 0.420 e. The number of aryl methyl sites for hydroxylation is 2. The Labute approximate surface area is 114 Å². The molecule has 0 saturated heterocycles. The van der Waals surface area contributed by atoms with Gasteiger partial charge in [0.2, 0.25) is 0 Å². The third-order valence-electron chi connectivity index (χ3n) is 3.18. The highest BCUT2D eigenvalue weighted by Crippen LogP contribution is 2.22. The fourth-order valence-corrected chi connectivity index (χ4v) is 2.17. The van der Waals surface area contributed by atoms with Crippen molar-refractivity contribution in [3.8, 4) is 11.1 Å². The van der Waals surface area contributed by atoms with Crippen LogP contribution in [-0.4, -0.2) is 9.55 Å². The molecule has 0 saturated carbocycles. The first-order valence-corrected chi connectivity index (χ1v) is 6.12. The topological polar surface area (TPSA) is 65.1 Å². The van der Waals surface area contributed by atoms with E-state index in [1.165, 1.54) is 4.57 Å². The van der Waals surface area contributed by atoms with Gasteiger partial charge in [0.05, 0.1) is 0 Å². The van der Waals surface area contributed by atoms with Crippen LogP contribution in [0.1, 0.15) is 5.56 Å². The Balaban J connectivity index is 2.24. The van der Waals surface area contributed by atoms with Crippen molar-refractivity contribution in [3.63, 3.8) is 0 Å². The minimum Gasteiger partial charge on any atom is -0.420 e. The van der Waals surface area contributed by atoms with Crippen LogP contribution < -0.4 is 11.2 Å². The van der Waals surface area contributed by atoms with E-state index in [1.54, 1.807) is 32.3 Å². The van der Waals surface area contributed by atoms with Crippen LogP contribution in [0.5, 0.6) is 0 Å². The van der Waals surface area contributed by atoms with Gasteiger partial charge in [0.15, 0.2) is 5.58 Å². The maximum Gasteiger partial charge on any atom is 0.354 e. The van der Waals surface area contributed by atoms with Gasteiger partial charge in [-0.1, -0.05) is 6.07 Å². The van der Waals surface area contributed by atoms with E-state index in [1.807, 2.05) is 12.1 Å². The molecule has 0 radical (unpaired) electrons. The van der Waals surface area contributed by atoms with Crippen molar-refractivity contribution in [2.75, 3.05) is 0 Å². The van der Waals surface area contributed by atoms with Gasteiger partial charge < -0.3 is 8.98 Å². The van der Waals surface area contributed by atoms with Gasteiger partial charge in [-0.05, 0) is 36.2 Å². The van der Waals surface area contributed by atoms with Crippen LogP contribution in [0.15, 0.2) is 50.7 Å². The Bertz CT molecular complexity index is 896. The van der Waals surface area contributed by atoms with Crippen LogP contribution in [0.25, 0.3) is 22.2 Å². The molecule has 3 rings (SSSR count). The molecule has 0 atom stereocenters. The van der Waals surface area contributed by atoms with Gasteiger partial charge in [0.1, 0.15) is 11.7 Å². The lowest BCUT2D eigenvalue weighted by Crippen LogP contribution is -2.18. The maximum atomic E-state index is 11.7. The highest BCUT2D eigenvalue weighted by Gasteiger charge is 2.06. The second kappa shape index (κ2) is 4.45. The van der Waals surface area contributed by atoms with Crippen LogP contribution in [0, 0.1) is 6.92 Å². The van der Waals surface area contributed by atoms with Crippen molar-refractivity contribution in [3.05, 3.63) is 63.0 Å². The van der Waals surface area contributed by atoms with E-state index < -0.39 is 5.63 Å². The van der Waals surface area contributed by atoms with E-state index in [0.29, 0.717) is 16.7 Å². The van der Waals surface area contributed by atoms with Crippen LogP contribution in [0.2, 0.25) is 0 Å². The van der Waals surface area contributed by atoms with Crippen LogP contribution >= 0.6 is 0 Å². The predicted octanol–water partition coefficient (Wildman–Crippen LogP) is 1.86. The number of rotatable bonds is 1. The lowest BCUT2D eigenvalue weighted by atomic mass is 10.1. The second-order valence-corrected chi connectivity index (χ2v) is 4.69. The normalized spacial score (nSPS) is 10.9. The molecule has 20 heavy (non-hydrogen) atoms. The Morgan fingerprint density at radius 2 is 1.95 bits per heavy atom. The summed E-state index contributed by atoms with van der Waals surface area (Å²) in [7, 11) is 1.71. The number of aromatic nitrogens is 2. The monoisotopic (exact) mass is 268 g/mol. The molecule has 0 aliphatic rings. The molecule has 0 aliphatic heterocycles. The van der Waals surface area contributed by atoms with E-state index in [9.17, 15) is 9.59 Å². The first-order chi connectivity index (χ1) is 9.54. The van der Waals surface area contributed by atoms with Gasteiger partial charge in [0.25, 0.3) is 5.56 Å². The first-order valence-electron chi connectivity index (χ1n) is 6.12. The number of fused-ring (bicyclic) bond motifs is 1. The van der Waals surface area contributed by atoms with Crippen molar-refractivity contribution >= 4 is 11.1 Å². The van der Waals surface area contributed by atoms with Crippen molar-refractivity contribution in [2.24, 2.45) is 7.05 Å².